The third-order valence-electron chi connectivity index (χ3n) is 3.41. The maximum absolute atomic E-state index is 5.53. The molecule has 0 saturated carbocycles. The van der Waals surface area contributed by atoms with Crippen molar-refractivity contribution in [3.63, 3.8) is 0 Å². The monoisotopic (exact) mass is 350 g/mol. The first kappa shape index (κ1) is 17.1. The maximum Gasteiger partial charge on any atom is 0.197 e. The van der Waals surface area contributed by atoms with E-state index in [2.05, 4.69) is 27.0 Å². The van der Waals surface area contributed by atoms with E-state index in [-0.39, 0.29) is 0 Å². The summed E-state index contributed by atoms with van der Waals surface area (Å²) in [5, 5.41) is 9.52. The minimum atomic E-state index is 0.643. The highest BCUT2D eigenvalue weighted by Crippen LogP contribution is 2.28. The lowest BCUT2D eigenvalue weighted by Crippen LogP contribution is -2.00. The summed E-state index contributed by atoms with van der Waals surface area (Å²) in [6.45, 7) is 4.44. The normalized spacial score (nSPS) is 10.2. The summed E-state index contributed by atoms with van der Waals surface area (Å²) in [6, 6.07) is 11.8. The number of aromatic nitrogens is 4. The van der Waals surface area contributed by atoms with Crippen molar-refractivity contribution in [1.82, 2.24) is 19.7 Å². The van der Waals surface area contributed by atoms with Gasteiger partial charge >= 0.3 is 0 Å². The summed E-state index contributed by atoms with van der Waals surface area (Å²) in [5.74, 6) is 8.21. The van der Waals surface area contributed by atoms with Gasteiger partial charge in [0.15, 0.2) is 11.0 Å². The summed E-state index contributed by atoms with van der Waals surface area (Å²) in [7, 11) is 0. The quantitative estimate of drug-likeness (QED) is 0.499. The predicted molar refractivity (Wildman–Crippen MR) is 99.9 cm³/mol. The van der Waals surface area contributed by atoms with Gasteiger partial charge in [-0.1, -0.05) is 17.7 Å². The van der Waals surface area contributed by atoms with Gasteiger partial charge in [0.2, 0.25) is 0 Å². The molecular formula is C19H18N4OS. The second-order valence-corrected chi connectivity index (χ2v) is 5.97. The lowest BCUT2D eigenvalue weighted by Gasteiger charge is -2.10. The van der Waals surface area contributed by atoms with Gasteiger partial charge in [-0.15, -0.1) is 16.1 Å². The van der Waals surface area contributed by atoms with Gasteiger partial charge in [0.25, 0.3) is 0 Å². The zero-order chi connectivity index (χ0) is 17.5. The molecule has 0 N–H and O–H groups in total. The first-order valence-corrected chi connectivity index (χ1v) is 8.93. The molecule has 0 unspecified atom stereocenters. The molecule has 0 atom stereocenters. The molecule has 0 spiro atoms. The molecule has 5 nitrogen and oxygen atoms in total. The minimum absolute atomic E-state index is 0.643. The summed E-state index contributed by atoms with van der Waals surface area (Å²) < 4.78 is 7.55. The highest BCUT2D eigenvalue weighted by Gasteiger charge is 2.16. The Balaban J connectivity index is 2.03. The highest BCUT2D eigenvalue weighted by molar-refractivity contribution is 7.99. The van der Waals surface area contributed by atoms with Gasteiger partial charge in [0.1, 0.15) is 5.75 Å². The van der Waals surface area contributed by atoms with E-state index in [0.717, 1.165) is 28.0 Å². The van der Waals surface area contributed by atoms with Crippen LogP contribution in [-0.2, 0) is 0 Å². The molecule has 126 valence electrons. The zero-order valence-electron chi connectivity index (χ0n) is 14.1. The number of ether oxygens (including phenoxy) is 1. The van der Waals surface area contributed by atoms with E-state index in [1.54, 1.807) is 24.2 Å². The van der Waals surface area contributed by atoms with Crippen LogP contribution < -0.4 is 4.74 Å². The molecular weight excluding hydrogens is 332 g/mol. The zero-order valence-corrected chi connectivity index (χ0v) is 15.0. The predicted octanol–water partition coefficient (Wildman–Crippen LogP) is 3.84. The number of benzene rings is 1. The van der Waals surface area contributed by atoms with Crippen molar-refractivity contribution in [1.29, 1.82) is 0 Å². The fourth-order valence-electron chi connectivity index (χ4n) is 2.31. The van der Waals surface area contributed by atoms with Gasteiger partial charge in [0, 0.05) is 23.6 Å². The first-order valence-electron chi connectivity index (χ1n) is 7.95. The molecule has 0 fully saturated rings. The standard InChI is InChI=1S/C19H18N4OS/c1-3-5-13-25-19-22-21-18(15-7-6-12-20-14-15)23(19)16-8-10-17(11-9-16)24-4-2/h6-12,14H,4,13H2,1-2H3. The molecule has 0 aliphatic carbocycles. The molecule has 2 aromatic heterocycles. The van der Waals surface area contributed by atoms with Crippen LogP contribution in [-0.4, -0.2) is 32.1 Å². The molecule has 3 aromatic rings. The van der Waals surface area contributed by atoms with Crippen molar-refractivity contribution in [2.75, 3.05) is 12.4 Å². The Kier molecular flexibility index (Phi) is 5.70. The van der Waals surface area contributed by atoms with E-state index < -0.39 is 0 Å². The average Bonchev–Trinajstić information content (AvgIpc) is 3.07. The second-order valence-electron chi connectivity index (χ2n) is 5.03. The lowest BCUT2D eigenvalue weighted by atomic mass is 10.2. The average molecular weight is 350 g/mol. The summed E-state index contributed by atoms with van der Waals surface area (Å²) in [4.78, 5) is 4.19. The number of rotatable bonds is 6. The van der Waals surface area contributed by atoms with Gasteiger partial charge in [0.05, 0.1) is 12.4 Å². The fraction of sp³-hybridized carbons (Fsp3) is 0.211. The van der Waals surface area contributed by atoms with E-state index in [9.17, 15) is 0 Å². The van der Waals surface area contributed by atoms with E-state index in [0.29, 0.717) is 12.4 Å². The molecule has 6 heteroatoms. The lowest BCUT2D eigenvalue weighted by molar-refractivity contribution is 0.340. The first-order chi connectivity index (χ1) is 12.3. The third kappa shape index (κ3) is 4.01. The van der Waals surface area contributed by atoms with E-state index in [1.807, 2.05) is 54.8 Å². The highest BCUT2D eigenvalue weighted by atomic mass is 32.2. The van der Waals surface area contributed by atoms with Crippen molar-refractivity contribution < 1.29 is 4.74 Å². The third-order valence-corrected chi connectivity index (χ3v) is 4.22. The number of hydrogen-bond acceptors (Lipinski definition) is 5. The van der Waals surface area contributed by atoms with Crippen molar-refractivity contribution >= 4 is 11.8 Å². The van der Waals surface area contributed by atoms with E-state index >= 15 is 0 Å². The Hall–Kier alpha value is -2.78. The fourth-order valence-corrected chi connectivity index (χ4v) is 3.07. The second kappa shape index (κ2) is 8.36. The van der Waals surface area contributed by atoms with Crippen molar-refractivity contribution in [2.45, 2.75) is 19.0 Å². The van der Waals surface area contributed by atoms with E-state index in [4.69, 9.17) is 4.74 Å². The molecule has 0 aliphatic rings. The molecule has 0 aliphatic heterocycles. The molecule has 0 amide bonds. The molecule has 1 aromatic carbocycles. The molecule has 0 bridgehead atoms. The van der Waals surface area contributed by atoms with Crippen LogP contribution >= 0.6 is 11.8 Å². The van der Waals surface area contributed by atoms with Gasteiger partial charge in [-0.05, 0) is 50.2 Å². The van der Waals surface area contributed by atoms with Crippen LogP contribution in [0.25, 0.3) is 17.1 Å². The number of nitrogens with zero attached hydrogens (tertiary/aromatic N) is 4. The molecule has 25 heavy (non-hydrogen) atoms. The SMILES string of the molecule is CC#CCSc1nnc(-c2cccnc2)n1-c1ccc(OCC)cc1. The van der Waals surface area contributed by atoms with Crippen LogP contribution in [0, 0.1) is 11.8 Å². The Labute approximate surface area is 151 Å². The summed E-state index contributed by atoms with van der Waals surface area (Å²) >= 11 is 1.56. The van der Waals surface area contributed by atoms with Crippen molar-refractivity contribution in [3.8, 4) is 34.7 Å². The molecule has 0 radical (unpaired) electrons. The van der Waals surface area contributed by atoms with Gasteiger partial charge in [-0.3, -0.25) is 9.55 Å². The largest absolute Gasteiger partial charge is 0.494 e. The number of pyridine rings is 1. The van der Waals surface area contributed by atoms with Crippen LogP contribution in [0.5, 0.6) is 5.75 Å². The maximum atomic E-state index is 5.53. The molecule has 2 heterocycles. The number of hydrogen-bond donors (Lipinski definition) is 0. The molecule has 0 saturated heterocycles. The Morgan fingerprint density at radius 2 is 2.00 bits per heavy atom. The van der Waals surface area contributed by atoms with Gasteiger partial charge in [-0.25, -0.2) is 0 Å². The summed E-state index contributed by atoms with van der Waals surface area (Å²) in [5.41, 5.74) is 1.89. The molecule has 3 rings (SSSR count). The van der Waals surface area contributed by atoms with Crippen LogP contribution in [0.3, 0.4) is 0 Å². The smallest absolute Gasteiger partial charge is 0.197 e. The van der Waals surface area contributed by atoms with E-state index in [1.165, 1.54) is 0 Å². The van der Waals surface area contributed by atoms with Crippen molar-refractivity contribution in [3.05, 3.63) is 48.8 Å². The Morgan fingerprint density at radius 1 is 1.16 bits per heavy atom. The summed E-state index contributed by atoms with van der Waals surface area (Å²) in [6.07, 6.45) is 3.53. The van der Waals surface area contributed by atoms with Crippen LogP contribution in [0.4, 0.5) is 0 Å². The van der Waals surface area contributed by atoms with Crippen molar-refractivity contribution in [2.24, 2.45) is 0 Å². The Bertz CT molecular complexity index is 879. The topological polar surface area (TPSA) is 52.8 Å². The van der Waals surface area contributed by atoms with Gasteiger partial charge in [-0.2, -0.15) is 0 Å². The van der Waals surface area contributed by atoms with Crippen LogP contribution in [0.1, 0.15) is 13.8 Å². The van der Waals surface area contributed by atoms with Gasteiger partial charge < -0.3 is 4.74 Å². The van der Waals surface area contributed by atoms with Crippen LogP contribution in [0.15, 0.2) is 53.9 Å². The minimum Gasteiger partial charge on any atom is -0.494 e. The number of thioether (sulfide) groups is 1. The Morgan fingerprint density at radius 3 is 2.68 bits per heavy atom. The van der Waals surface area contributed by atoms with Crippen LogP contribution in [0.2, 0.25) is 0 Å².